The summed E-state index contributed by atoms with van der Waals surface area (Å²) in [6.45, 7) is 9.49. The average molecular weight is 168 g/mol. The highest BCUT2D eigenvalue weighted by Crippen LogP contribution is 2.51. The standard InChI is InChI=1S/C12H24/c1-5-8-12-10(6-2)9(4)11(12)7-3/h9-12H,5-8H2,1-4H3. The zero-order valence-electron chi connectivity index (χ0n) is 9.14. The Balaban J connectivity index is 2.45. The molecule has 1 aliphatic rings. The maximum atomic E-state index is 2.45. The van der Waals surface area contributed by atoms with E-state index in [2.05, 4.69) is 27.7 Å². The highest BCUT2D eigenvalue weighted by atomic mass is 14.5. The van der Waals surface area contributed by atoms with Crippen LogP contribution in [0.15, 0.2) is 0 Å². The minimum Gasteiger partial charge on any atom is -0.0654 e. The molecule has 0 radical (unpaired) electrons. The van der Waals surface area contributed by atoms with E-state index >= 15 is 0 Å². The molecule has 0 nitrogen and oxygen atoms in total. The van der Waals surface area contributed by atoms with Gasteiger partial charge in [-0.05, 0) is 23.7 Å². The number of hydrogen-bond acceptors (Lipinski definition) is 0. The summed E-state index contributed by atoms with van der Waals surface area (Å²) in [5, 5.41) is 0. The molecule has 2 unspecified atom stereocenters. The zero-order valence-corrected chi connectivity index (χ0v) is 9.14. The van der Waals surface area contributed by atoms with Gasteiger partial charge in [-0.15, -0.1) is 0 Å². The molecule has 12 heavy (non-hydrogen) atoms. The quantitative estimate of drug-likeness (QED) is 0.592. The van der Waals surface area contributed by atoms with Gasteiger partial charge in [0.05, 0.1) is 0 Å². The minimum atomic E-state index is 1.01. The topological polar surface area (TPSA) is 0 Å². The molecule has 1 rings (SSSR count). The molecule has 0 N–H and O–H groups in total. The van der Waals surface area contributed by atoms with Gasteiger partial charge < -0.3 is 0 Å². The van der Waals surface area contributed by atoms with E-state index in [4.69, 9.17) is 0 Å². The van der Waals surface area contributed by atoms with Crippen LogP contribution in [0.4, 0.5) is 0 Å². The Bertz CT molecular complexity index is 116. The molecule has 0 amide bonds. The first-order valence-electron chi connectivity index (χ1n) is 5.76. The van der Waals surface area contributed by atoms with E-state index < -0.39 is 0 Å². The van der Waals surface area contributed by atoms with Crippen LogP contribution in [0.3, 0.4) is 0 Å². The van der Waals surface area contributed by atoms with Crippen molar-refractivity contribution in [3.8, 4) is 0 Å². The highest BCUT2D eigenvalue weighted by molar-refractivity contribution is 4.92. The predicted octanol–water partition coefficient (Wildman–Crippen LogP) is 4.10. The monoisotopic (exact) mass is 168 g/mol. The van der Waals surface area contributed by atoms with Gasteiger partial charge in [-0.3, -0.25) is 0 Å². The van der Waals surface area contributed by atoms with E-state index in [0.29, 0.717) is 0 Å². The average Bonchev–Trinajstić information content (AvgIpc) is 2.06. The highest BCUT2D eigenvalue weighted by Gasteiger charge is 2.44. The third-order valence-corrected chi connectivity index (χ3v) is 4.02. The van der Waals surface area contributed by atoms with Gasteiger partial charge in [0.2, 0.25) is 0 Å². The van der Waals surface area contributed by atoms with Gasteiger partial charge in [0.1, 0.15) is 0 Å². The second-order valence-electron chi connectivity index (χ2n) is 4.46. The molecule has 1 fully saturated rings. The first-order chi connectivity index (χ1) is 5.76. The van der Waals surface area contributed by atoms with E-state index in [-0.39, 0.29) is 0 Å². The fourth-order valence-electron chi connectivity index (χ4n) is 3.38. The maximum Gasteiger partial charge on any atom is -0.0352 e. The van der Waals surface area contributed by atoms with Crippen LogP contribution in [0.1, 0.15) is 53.4 Å². The van der Waals surface area contributed by atoms with Crippen molar-refractivity contribution in [1.29, 1.82) is 0 Å². The summed E-state index contributed by atoms with van der Waals surface area (Å²) in [5.41, 5.74) is 0. The van der Waals surface area contributed by atoms with E-state index in [9.17, 15) is 0 Å². The Kier molecular flexibility index (Phi) is 3.61. The van der Waals surface area contributed by atoms with Crippen molar-refractivity contribution >= 4 is 0 Å². The van der Waals surface area contributed by atoms with Crippen LogP contribution in [0.25, 0.3) is 0 Å². The lowest BCUT2D eigenvalue weighted by Gasteiger charge is -2.51. The first kappa shape index (κ1) is 10.1. The molecule has 0 aromatic rings. The molecular weight excluding hydrogens is 144 g/mol. The third-order valence-electron chi connectivity index (χ3n) is 4.02. The van der Waals surface area contributed by atoms with Gasteiger partial charge in [0.25, 0.3) is 0 Å². The molecule has 1 saturated carbocycles. The first-order valence-corrected chi connectivity index (χ1v) is 5.76. The van der Waals surface area contributed by atoms with Gasteiger partial charge >= 0.3 is 0 Å². The lowest BCUT2D eigenvalue weighted by atomic mass is 9.54. The zero-order chi connectivity index (χ0) is 9.14. The Morgan fingerprint density at radius 3 is 1.67 bits per heavy atom. The molecule has 72 valence electrons. The molecular formula is C12H24. The fourth-order valence-corrected chi connectivity index (χ4v) is 3.38. The summed E-state index contributed by atoms with van der Waals surface area (Å²) >= 11 is 0. The third kappa shape index (κ3) is 1.53. The van der Waals surface area contributed by atoms with Gasteiger partial charge in [-0.2, -0.15) is 0 Å². The molecule has 0 bridgehead atoms. The minimum absolute atomic E-state index is 1.01. The molecule has 0 aromatic heterocycles. The van der Waals surface area contributed by atoms with Crippen molar-refractivity contribution in [1.82, 2.24) is 0 Å². The molecule has 0 saturated heterocycles. The predicted molar refractivity (Wildman–Crippen MR) is 55.1 cm³/mol. The second-order valence-corrected chi connectivity index (χ2v) is 4.46. The van der Waals surface area contributed by atoms with Crippen molar-refractivity contribution in [2.45, 2.75) is 53.4 Å². The van der Waals surface area contributed by atoms with Crippen molar-refractivity contribution in [3.05, 3.63) is 0 Å². The number of hydrogen-bond donors (Lipinski definition) is 0. The van der Waals surface area contributed by atoms with E-state index in [1.54, 1.807) is 0 Å². The lowest BCUT2D eigenvalue weighted by molar-refractivity contribution is -0.0214. The summed E-state index contributed by atoms with van der Waals surface area (Å²) in [7, 11) is 0. The van der Waals surface area contributed by atoms with Gasteiger partial charge in [0, 0.05) is 0 Å². The molecule has 0 heterocycles. The largest absolute Gasteiger partial charge is 0.0654 e. The summed E-state index contributed by atoms with van der Waals surface area (Å²) in [4.78, 5) is 0. The van der Waals surface area contributed by atoms with E-state index in [1.807, 2.05) is 0 Å². The molecule has 0 aromatic carbocycles. The van der Waals surface area contributed by atoms with Gasteiger partial charge in [-0.25, -0.2) is 0 Å². The molecule has 0 heteroatoms. The van der Waals surface area contributed by atoms with Crippen LogP contribution in [0.2, 0.25) is 0 Å². The van der Waals surface area contributed by atoms with Crippen LogP contribution in [-0.2, 0) is 0 Å². The van der Waals surface area contributed by atoms with Crippen LogP contribution in [-0.4, -0.2) is 0 Å². The summed E-state index contributed by atoms with van der Waals surface area (Å²) in [5.74, 6) is 4.18. The Morgan fingerprint density at radius 1 is 0.833 bits per heavy atom. The van der Waals surface area contributed by atoms with Crippen LogP contribution in [0.5, 0.6) is 0 Å². The summed E-state index contributed by atoms with van der Waals surface area (Å²) < 4.78 is 0. The Labute approximate surface area is 77.7 Å². The second kappa shape index (κ2) is 4.30. The molecule has 0 spiro atoms. The summed E-state index contributed by atoms with van der Waals surface area (Å²) in [6, 6.07) is 0. The fraction of sp³-hybridized carbons (Fsp3) is 1.00. The molecule has 2 atom stereocenters. The maximum absolute atomic E-state index is 2.45. The van der Waals surface area contributed by atoms with Gasteiger partial charge in [-0.1, -0.05) is 53.4 Å². The van der Waals surface area contributed by atoms with Crippen molar-refractivity contribution in [3.63, 3.8) is 0 Å². The van der Waals surface area contributed by atoms with Crippen LogP contribution >= 0.6 is 0 Å². The lowest BCUT2D eigenvalue weighted by Crippen LogP contribution is -2.44. The van der Waals surface area contributed by atoms with E-state index in [1.165, 1.54) is 25.7 Å². The van der Waals surface area contributed by atoms with E-state index in [0.717, 1.165) is 23.7 Å². The Morgan fingerprint density at radius 2 is 1.33 bits per heavy atom. The SMILES string of the molecule is CCCC1C(CC)C(C)C1CC. The molecule has 0 aliphatic heterocycles. The van der Waals surface area contributed by atoms with Crippen molar-refractivity contribution in [2.75, 3.05) is 0 Å². The van der Waals surface area contributed by atoms with Crippen molar-refractivity contribution in [2.24, 2.45) is 23.7 Å². The normalized spacial score (nSPS) is 41.0. The summed E-state index contributed by atoms with van der Waals surface area (Å²) in [6.07, 6.45) is 5.66. The molecule has 1 aliphatic carbocycles. The van der Waals surface area contributed by atoms with Gasteiger partial charge in [0.15, 0.2) is 0 Å². The van der Waals surface area contributed by atoms with Crippen molar-refractivity contribution < 1.29 is 0 Å². The smallest absolute Gasteiger partial charge is 0.0352 e. The Hall–Kier alpha value is 0. The van der Waals surface area contributed by atoms with Crippen LogP contribution < -0.4 is 0 Å². The van der Waals surface area contributed by atoms with Crippen LogP contribution in [0, 0.1) is 23.7 Å². The number of rotatable bonds is 4.